The Kier molecular flexibility index (Phi) is 5.00. The Balaban J connectivity index is 1.77. The minimum Gasteiger partial charge on any atom is -0.441 e. The molecule has 1 aromatic carbocycles. The van der Waals surface area contributed by atoms with E-state index in [9.17, 15) is 9.59 Å². The van der Waals surface area contributed by atoms with E-state index in [1.807, 2.05) is 49.3 Å². The highest BCUT2D eigenvalue weighted by Crippen LogP contribution is 2.34. The summed E-state index contributed by atoms with van der Waals surface area (Å²) in [5.74, 6) is 0.962. The van der Waals surface area contributed by atoms with Gasteiger partial charge in [-0.2, -0.15) is 0 Å². The fraction of sp³-hybridized carbons (Fsp3) is 0.176. The first-order valence-electron chi connectivity index (χ1n) is 7.21. The van der Waals surface area contributed by atoms with E-state index in [1.165, 1.54) is 4.90 Å². The van der Waals surface area contributed by atoms with Crippen LogP contribution in [0, 0.1) is 3.57 Å². The van der Waals surface area contributed by atoms with Crippen LogP contribution in [0.1, 0.15) is 11.3 Å². The zero-order chi connectivity index (χ0) is 17.3. The van der Waals surface area contributed by atoms with Crippen LogP contribution in [0.2, 0.25) is 0 Å². The minimum atomic E-state index is -0.286. The predicted octanol–water partition coefficient (Wildman–Crippen LogP) is 4.19. The van der Waals surface area contributed by atoms with Gasteiger partial charge in [0, 0.05) is 29.8 Å². The summed E-state index contributed by atoms with van der Waals surface area (Å²) in [7, 11) is 3.75. The number of nitrogens with zero attached hydrogens (tertiary/aromatic N) is 2. The zero-order valence-corrected chi connectivity index (χ0v) is 16.1. The quantitative estimate of drug-likeness (QED) is 0.513. The number of carbonyl (C=O) groups is 2. The molecule has 1 aliphatic heterocycles. The third kappa shape index (κ3) is 3.67. The number of furan rings is 1. The van der Waals surface area contributed by atoms with Crippen LogP contribution in [-0.2, 0) is 11.3 Å². The van der Waals surface area contributed by atoms with Gasteiger partial charge in [-0.3, -0.25) is 14.5 Å². The largest absolute Gasteiger partial charge is 0.441 e. The molecule has 0 aliphatic carbocycles. The van der Waals surface area contributed by atoms with Crippen molar-refractivity contribution in [1.29, 1.82) is 0 Å². The van der Waals surface area contributed by atoms with Gasteiger partial charge in [-0.05, 0) is 58.1 Å². The van der Waals surface area contributed by atoms with Crippen molar-refractivity contribution in [2.45, 2.75) is 6.54 Å². The first-order valence-corrected chi connectivity index (χ1v) is 9.10. The molecular weight excluding hydrogens is 439 g/mol. The van der Waals surface area contributed by atoms with E-state index >= 15 is 0 Å². The molecule has 1 aliphatic rings. The third-order valence-corrected chi connectivity index (χ3v) is 5.08. The van der Waals surface area contributed by atoms with E-state index in [1.54, 1.807) is 12.1 Å². The van der Waals surface area contributed by atoms with Crippen molar-refractivity contribution in [2.24, 2.45) is 0 Å². The van der Waals surface area contributed by atoms with E-state index in [-0.39, 0.29) is 17.7 Å². The second-order valence-electron chi connectivity index (χ2n) is 5.46. The zero-order valence-electron chi connectivity index (χ0n) is 13.2. The number of thioether (sulfide) groups is 1. The molecular formula is C17H15IN2O3S. The molecule has 7 heteroatoms. The van der Waals surface area contributed by atoms with Gasteiger partial charge in [0.1, 0.15) is 5.76 Å². The van der Waals surface area contributed by atoms with Crippen LogP contribution in [0.25, 0.3) is 6.08 Å². The van der Waals surface area contributed by atoms with Crippen LogP contribution >= 0.6 is 34.4 Å². The van der Waals surface area contributed by atoms with Crippen LogP contribution < -0.4 is 4.90 Å². The van der Waals surface area contributed by atoms with Crippen molar-refractivity contribution in [3.05, 3.63) is 56.2 Å². The van der Waals surface area contributed by atoms with Gasteiger partial charge >= 0.3 is 0 Å². The molecule has 0 saturated carbocycles. The summed E-state index contributed by atoms with van der Waals surface area (Å²) in [4.78, 5) is 28.1. The number of anilines is 1. The van der Waals surface area contributed by atoms with Crippen LogP contribution in [0.4, 0.5) is 10.7 Å². The Hall–Kier alpha value is -1.74. The second kappa shape index (κ2) is 7.02. The van der Waals surface area contributed by atoms with Gasteiger partial charge < -0.3 is 9.32 Å². The number of carbonyl (C=O) groups excluding carboxylic acids is 2. The third-order valence-electron chi connectivity index (χ3n) is 3.45. The van der Waals surface area contributed by atoms with Crippen molar-refractivity contribution < 1.29 is 14.0 Å². The fourth-order valence-corrected chi connectivity index (χ4v) is 3.38. The minimum absolute atomic E-state index is 0.260. The van der Waals surface area contributed by atoms with Gasteiger partial charge in [-0.25, -0.2) is 0 Å². The van der Waals surface area contributed by atoms with Crippen molar-refractivity contribution >= 4 is 57.5 Å². The Morgan fingerprint density at radius 1 is 1.17 bits per heavy atom. The lowest BCUT2D eigenvalue weighted by molar-refractivity contribution is -0.123. The molecule has 1 aromatic heterocycles. The molecule has 24 heavy (non-hydrogen) atoms. The number of hydrogen-bond donors (Lipinski definition) is 0. The molecule has 0 radical (unpaired) electrons. The summed E-state index contributed by atoms with van der Waals surface area (Å²) >= 11 is 3.16. The van der Waals surface area contributed by atoms with Crippen LogP contribution in [-0.4, -0.2) is 30.1 Å². The first-order chi connectivity index (χ1) is 11.4. The molecule has 0 unspecified atom stereocenters. The van der Waals surface area contributed by atoms with Crippen molar-refractivity contribution in [2.75, 3.05) is 19.0 Å². The maximum absolute atomic E-state index is 12.5. The lowest BCUT2D eigenvalue weighted by Gasteiger charge is -2.12. The number of amides is 2. The van der Waals surface area contributed by atoms with Gasteiger partial charge in [0.25, 0.3) is 11.1 Å². The van der Waals surface area contributed by atoms with Gasteiger partial charge in [0.15, 0.2) is 5.88 Å². The number of hydrogen-bond acceptors (Lipinski definition) is 5. The van der Waals surface area contributed by atoms with Gasteiger partial charge in [-0.1, -0.05) is 12.1 Å². The number of halogens is 1. The maximum atomic E-state index is 12.5. The van der Waals surface area contributed by atoms with E-state index < -0.39 is 0 Å². The Labute approximate surface area is 157 Å². The van der Waals surface area contributed by atoms with Gasteiger partial charge in [0.2, 0.25) is 0 Å². The van der Waals surface area contributed by atoms with E-state index in [2.05, 4.69) is 22.6 Å². The van der Waals surface area contributed by atoms with E-state index in [4.69, 9.17) is 4.42 Å². The lowest BCUT2D eigenvalue weighted by atomic mass is 10.2. The fourth-order valence-electron chi connectivity index (χ4n) is 2.20. The molecule has 0 spiro atoms. The van der Waals surface area contributed by atoms with Crippen LogP contribution in [0.3, 0.4) is 0 Å². The summed E-state index contributed by atoms with van der Waals surface area (Å²) in [5.41, 5.74) is 0.923. The molecule has 1 saturated heterocycles. The lowest BCUT2D eigenvalue weighted by Crippen LogP contribution is -2.27. The highest BCUT2D eigenvalue weighted by atomic mass is 127. The van der Waals surface area contributed by atoms with E-state index in [0.717, 1.165) is 20.9 Å². The molecule has 0 atom stereocenters. The second-order valence-corrected chi connectivity index (χ2v) is 7.70. The topological polar surface area (TPSA) is 53.8 Å². The van der Waals surface area contributed by atoms with E-state index in [0.29, 0.717) is 16.5 Å². The highest BCUT2D eigenvalue weighted by molar-refractivity contribution is 14.1. The van der Waals surface area contributed by atoms with Crippen LogP contribution in [0.5, 0.6) is 0 Å². The Morgan fingerprint density at radius 2 is 1.88 bits per heavy atom. The summed E-state index contributed by atoms with van der Waals surface area (Å²) in [6.07, 6.45) is 1.62. The highest BCUT2D eigenvalue weighted by Gasteiger charge is 2.35. The normalized spacial score (nSPS) is 16.3. The van der Waals surface area contributed by atoms with Gasteiger partial charge in [0.05, 0.1) is 11.4 Å². The Bertz CT molecular complexity index is 811. The molecule has 2 heterocycles. The van der Waals surface area contributed by atoms with Crippen LogP contribution in [0.15, 0.2) is 45.7 Å². The summed E-state index contributed by atoms with van der Waals surface area (Å²) < 4.78 is 6.72. The van der Waals surface area contributed by atoms with Crippen molar-refractivity contribution in [1.82, 2.24) is 4.90 Å². The smallest absolute Gasteiger partial charge is 0.293 e. The molecule has 0 N–H and O–H groups in total. The predicted molar refractivity (Wildman–Crippen MR) is 104 cm³/mol. The number of rotatable bonds is 4. The molecule has 124 valence electrons. The number of benzene rings is 1. The molecule has 2 aromatic rings. The average molecular weight is 454 g/mol. The SMILES string of the molecule is CN(C)c1ccc(/C=C2\SC(=O)N(Cc3ccc(I)cc3)C2=O)o1. The summed E-state index contributed by atoms with van der Waals surface area (Å²) in [6.45, 7) is 0.278. The van der Waals surface area contributed by atoms with Crippen molar-refractivity contribution in [3.63, 3.8) is 0 Å². The monoisotopic (exact) mass is 454 g/mol. The molecule has 3 rings (SSSR count). The summed E-state index contributed by atoms with van der Waals surface area (Å²) in [5, 5.41) is -0.260. The molecule has 5 nitrogen and oxygen atoms in total. The molecule has 0 bridgehead atoms. The van der Waals surface area contributed by atoms with Gasteiger partial charge in [-0.15, -0.1) is 0 Å². The van der Waals surface area contributed by atoms with Crippen molar-refractivity contribution in [3.8, 4) is 0 Å². The first kappa shape index (κ1) is 17.1. The molecule has 2 amide bonds. The summed E-state index contributed by atoms with van der Waals surface area (Å²) in [6, 6.07) is 11.4. The maximum Gasteiger partial charge on any atom is 0.293 e. The Morgan fingerprint density at radius 3 is 2.50 bits per heavy atom. The standard InChI is InChI=1S/C17H15IN2O3S/c1-19(2)15-8-7-13(23-15)9-14-16(21)20(17(22)24-14)10-11-3-5-12(18)6-4-11/h3-9H,10H2,1-2H3/b14-9-. The number of imide groups is 1. The average Bonchev–Trinajstić information content (AvgIpc) is 3.10. The molecule has 1 fully saturated rings.